The molecule has 156 valence electrons. The first kappa shape index (κ1) is 19.0. The van der Waals surface area contributed by atoms with Crippen LogP contribution in [-0.4, -0.2) is 39.8 Å². The number of carbonyl (C=O) groups excluding carboxylic acids is 2. The summed E-state index contributed by atoms with van der Waals surface area (Å²) in [6.07, 6.45) is 5.41. The zero-order chi connectivity index (χ0) is 21.2. The van der Waals surface area contributed by atoms with E-state index in [1.165, 1.54) is 11.3 Å². The van der Waals surface area contributed by atoms with Gasteiger partial charge in [0.25, 0.3) is 0 Å². The van der Waals surface area contributed by atoms with Crippen LogP contribution in [0.1, 0.15) is 40.2 Å². The van der Waals surface area contributed by atoms with Crippen LogP contribution in [-0.2, 0) is 20.5 Å². The number of nitrogens with zero attached hydrogens (tertiary/aromatic N) is 3. The molecule has 1 saturated heterocycles. The van der Waals surface area contributed by atoms with Crippen molar-refractivity contribution < 1.29 is 14.3 Å². The highest BCUT2D eigenvalue weighted by molar-refractivity contribution is 7.10. The van der Waals surface area contributed by atoms with Crippen LogP contribution in [0.4, 0.5) is 0 Å². The molecule has 0 unspecified atom stereocenters. The molecule has 3 aliphatic rings. The number of aromatic nitrogens is 2. The molecule has 0 bridgehead atoms. The third-order valence-electron chi connectivity index (χ3n) is 6.55. The third kappa shape index (κ3) is 2.83. The number of halogens is 1. The summed E-state index contributed by atoms with van der Waals surface area (Å²) in [6, 6.07) is 9.39. The Hall–Kier alpha value is -2.77. The number of benzene rings is 1. The summed E-state index contributed by atoms with van der Waals surface area (Å²) >= 11 is 7.52. The summed E-state index contributed by atoms with van der Waals surface area (Å²) in [7, 11) is 0. The standard InChI is InChI=1S/C23H18ClN3O3S/c24-15-3-1-14(2-4-15)18-12-31-20(26-18)22(6-7-22)21(29)27-10-8-23(13-27)17-5-9-25-11-16(17)19(28)30-23/h1-5,9,11-12H,6-8,10,13H2/t23-/m0/s1. The molecule has 8 heteroatoms. The number of carbonyl (C=O) groups is 2. The van der Waals surface area contributed by atoms with Crippen molar-refractivity contribution >= 4 is 34.8 Å². The number of esters is 1. The van der Waals surface area contributed by atoms with Crippen LogP contribution in [0.15, 0.2) is 48.1 Å². The summed E-state index contributed by atoms with van der Waals surface area (Å²) in [5, 5.41) is 3.54. The van der Waals surface area contributed by atoms with Gasteiger partial charge in [0, 0.05) is 46.9 Å². The number of amides is 1. The number of pyridine rings is 1. The molecule has 3 aromatic rings. The first-order valence-electron chi connectivity index (χ1n) is 10.2. The van der Waals surface area contributed by atoms with Crippen molar-refractivity contribution in [3.63, 3.8) is 0 Å². The lowest BCUT2D eigenvalue weighted by molar-refractivity contribution is -0.134. The molecule has 1 aliphatic carbocycles. The topological polar surface area (TPSA) is 72.4 Å². The van der Waals surface area contributed by atoms with E-state index in [1.54, 1.807) is 12.4 Å². The van der Waals surface area contributed by atoms with Gasteiger partial charge in [-0.25, -0.2) is 9.78 Å². The van der Waals surface area contributed by atoms with Gasteiger partial charge in [0.05, 0.1) is 17.8 Å². The number of hydrogen-bond acceptors (Lipinski definition) is 6. The van der Waals surface area contributed by atoms with Crippen molar-refractivity contribution in [3.8, 4) is 11.3 Å². The molecule has 2 aromatic heterocycles. The quantitative estimate of drug-likeness (QED) is 0.558. The monoisotopic (exact) mass is 451 g/mol. The maximum Gasteiger partial charge on any atom is 0.341 e. The van der Waals surface area contributed by atoms with Gasteiger partial charge in [0.2, 0.25) is 5.91 Å². The normalized spacial score (nSPS) is 23.1. The highest BCUT2D eigenvalue weighted by atomic mass is 35.5. The zero-order valence-corrected chi connectivity index (χ0v) is 18.1. The van der Waals surface area contributed by atoms with Gasteiger partial charge < -0.3 is 9.64 Å². The number of ether oxygens (including phenoxy) is 1. The zero-order valence-electron chi connectivity index (χ0n) is 16.5. The van der Waals surface area contributed by atoms with Crippen molar-refractivity contribution in [1.29, 1.82) is 0 Å². The van der Waals surface area contributed by atoms with Gasteiger partial charge in [-0.05, 0) is 31.0 Å². The van der Waals surface area contributed by atoms with Crippen LogP contribution in [0.5, 0.6) is 0 Å². The Morgan fingerprint density at radius 3 is 2.74 bits per heavy atom. The molecule has 6 rings (SSSR count). The average molecular weight is 452 g/mol. The Morgan fingerprint density at radius 1 is 1.16 bits per heavy atom. The molecule has 6 nitrogen and oxygen atoms in total. The molecule has 0 radical (unpaired) electrons. The number of fused-ring (bicyclic) bond motifs is 2. The predicted molar refractivity (Wildman–Crippen MR) is 116 cm³/mol. The van der Waals surface area contributed by atoms with Crippen LogP contribution in [0.25, 0.3) is 11.3 Å². The average Bonchev–Trinajstić information content (AvgIpc) is 3.14. The van der Waals surface area contributed by atoms with Gasteiger partial charge in [0.15, 0.2) is 5.60 Å². The first-order valence-corrected chi connectivity index (χ1v) is 11.5. The summed E-state index contributed by atoms with van der Waals surface area (Å²) < 4.78 is 5.77. The third-order valence-corrected chi connectivity index (χ3v) is 7.85. The van der Waals surface area contributed by atoms with E-state index in [0.29, 0.717) is 30.1 Å². The maximum absolute atomic E-state index is 13.6. The molecular formula is C23H18ClN3O3S. The van der Waals surface area contributed by atoms with Gasteiger partial charge in [-0.2, -0.15) is 0 Å². The Morgan fingerprint density at radius 2 is 1.97 bits per heavy atom. The summed E-state index contributed by atoms with van der Waals surface area (Å²) in [6.45, 7) is 0.941. The SMILES string of the molecule is O=C1O[C@]2(CCN(C(=O)C3(c4nc(-c5ccc(Cl)cc5)cs4)CC3)C2)c2ccncc21. The fourth-order valence-electron chi connectivity index (χ4n) is 4.69. The lowest BCUT2D eigenvalue weighted by Gasteiger charge is -2.26. The van der Waals surface area contributed by atoms with E-state index in [2.05, 4.69) is 4.98 Å². The minimum atomic E-state index is -0.752. The fourth-order valence-corrected chi connectivity index (χ4v) is 5.90. The molecule has 1 atom stereocenters. The molecule has 1 spiro atoms. The van der Waals surface area contributed by atoms with Crippen LogP contribution >= 0.6 is 22.9 Å². The van der Waals surface area contributed by atoms with Crippen molar-refractivity contribution in [3.05, 3.63) is 69.3 Å². The van der Waals surface area contributed by atoms with Gasteiger partial charge in [-0.3, -0.25) is 9.78 Å². The van der Waals surface area contributed by atoms with Crippen molar-refractivity contribution in [2.75, 3.05) is 13.1 Å². The highest BCUT2D eigenvalue weighted by Crippen LogP contribution is 2.53. The Kier molecular flexibility index (Phi) is 4.04. The summed E-state index contributed by atoms with van der Waals surface area (Å²) in [5.41, 5.74) is 1.89. The molecular weight excluding hydrogens is 434 g/mol. The Balaban J connectivity index is 1.26. The molecule has 2 aliphatic heterocycles. The van der Waals surface area contributed by atoms with E-state index in [1.807, 2.05) is 40.6 Å². The second kappa shape index (κ2) is 6.61. The molecule has 1 saturated carbocycles. The number of thiazole rings is 1. The smallest absolute Gasteiger partial charge is 0.341 e. The fraction of sp³-hybridized carbons (Fsp3) is 0.304. The minimum absolute atomic E-state index is 0.0833. The van der Waals surface area contributed by atoms with E-state index in [4.69, 9.17) is 21.3 Å². The van der Waals surface area contributed by atoms with E-state index in [0.717, 1.165) is 34.7 Å². The first-order chi connectivity index (χ1) is 15.0. The minimum Gasteiger partial charge on any atom is -0.449 e. The van der Waals surface area contributed by atoms with Gasteiger partial charge in [0.1, 0.15) is 10.4 Å². The van der Waals surface area contributed by atoms with E-state index < -0.39 is 11.0 Å². The van der Waals surface area contributed by atoms with Crippen LogP contribution in [0.3, 0.4) is 0 Å². The van der Waals surface area contributed by atoms with Crippen LogP contribution in [0.2, 0.25) is 5.02 Å². The molecule has 1 aromatic carbocycles. The van der Waals surface area contributed by atoms with Crippen molar-refractivity contribution in [2.45, 2.75) is 30.3 Å². The number of rotatable bonds is 3. The van der Waals surface area contributed by atoms with Gasteiger partial charge in [-0.15, -0.1) is 11.3 Å². The lowest BCUT2D eigenvalue weighted by Crippen LogP contribution is -2.40. The lowest BCUT2D eigenvalue weighted by atomic mass is 9.93. The van der Waals surface area contributed by atoms with E-state index >= 15 is 0 Å². The van der Waals surface area contributed by atoms with Gasteiger partial charge >= 0.3 is 5.97 Å². The number of likely N-dealkylation sites (tertiary alicyclic amines) is 1. The number of hydrogen-bond donors (Lipinski definition) is 0. The van der Waals surface area contributed by atoms with Crippen LogP contribution in [0, 0.1) is 0 Å². The van der Waals surface area contributed by atoms with E-state index in [-0.39, 0.29) is 11.9 Å². The molecule has 1 amide bonds. The van der Waals surface area contributed by atoms with Gasteiger partial charge in [-0.1, -0.05) is 23.7 Å². The molecule has 31 heavy (non-hydrogen) atoms. The van der Waals surface area contributed by atoms with Crippen molar-refractivity contribution in [1.82, 2.24) is 14.9 Å². The largest absolute Gasteiger partial charge is 0.449 e. The maximum atomic E-state index is 13.6. The second-order valence-electron chi connectivity index (χ2n) is 8.41. The van der Waals surface area contributed by atoms with E-state index in [9.17, 15) is 9.59 Å². The Bertz CT molecular complexity index is 1220. The Labute approximate surface area is 187 Å². The van der Waals surface area contributed by atoms with Crippen LogP contribution < -0.4 is 0 Å². The summed E-state index contributed by atoms with van der Waals surface area (Å²) in [4.78, 5) is 36.6. The molecule has 2 fully saturated rings. The molecule has 0 N–H and O–H groups in total. The molecule has 4 heterocycles. The predicted octanol–water partition coefficient (Wildman–Crippen LogP) is 4.19. The summed E-state index contributed by atoms with van der Waals surface area (Å²) in [5.74, 6) is -0.272. The highest BCUT2D eigenvalue weighted by Gasteiger charge is 2.59. The van der Waals surface area contributed by atoms with Crippen molar-refractivity contribution in [2.24, 2.45) is 0 Å². The second-order valence-corrected chi connectivity index (χ2v) is 9.70.